The van der Waals surface area contributed by atoms with Gasteiger partial charge in [-0.05, 0) is 37.0 Å². The maximum atomic E-state index is 12.1. The van der Waals surface area contributed by atoms with Crippen LogP contribution in [-0.2, 0) is 25.5 Å². The molecule has 6 heteroatoms. The fraction of sp³-hybridized carbons (Fsp3) is 0.571. The van der Waals surface area contributed by atoms with Crippen LogP contribution >= 0.6 is 11.8 Å². The number of methoxy groups -OCH3 is 1. The van der Waals surface area contributed by atoms with Gasteiger partial charge >= 0.3 is 11.9 Å². The first-order valence-electron chi connectivity index (χ1n) is 12.6. The second-order valence-corrected chi connectivity index (χ2v) is 9.17. The molecule has 0 fully saturated rings. The van der Waals surface area contributed by atoms with Gasteiger partial charge in [0.05, 0.1) is 13.2 Å². The molecular formula is C28H42O5S. The highest BCUT2D eigenvalue weighted by molar-refractivity contribution is 8.03. The molecule has 1 aromatic rings. The smallest absolute Gasteiger partial charge is 0.310 e. The summed E-state index contributed by atoms with van der Waals surface area (Å²) in [6, 6.07) is 9.94. The lowest BCUT2D eigenvalue weighted by Gasteiger charge is -2.13. The van der Waals surface area contributed by atoms with E-state index in [0.29, 0.717) is 19.3 Å². The second kappa shape index (κ2) is 18.3. The van der Waals surface area contributed by atoms with E-state index in [0.717, 1.165) is 60.5 Å². The van der Waals surface area contributed by atoms with Crippen LogP contribution in [0.4, 0.5) is 0 Å². The molecule has 2 unspecified atom stereocenters. The Labute approximate surface area is 210 Å². The number of allylic oxidation sites excluding steroid dienone is 3. The average Bonchev–Trinajstić information content (AvgIpc) is 3.22. The number of aliphatic hydroxyl groups excluding tert-OH is 1. The van der Waals surface area contributed by atoms with Gasteiger partial charge in [-0.1, -0.05) is 69.7 Å². The summed E-state index contributed by atoms with van der Waals surface area (Å²) in [6.07, 6.45) is 9.98. The average molecular weight is 491 g/mol. The van der Waals surface area contributed by atoms with Crippen LogP contribution in [0.3, 0.4) is 0 Å². The van der Waals surface area contributed by atoms with Gasteiger partial charge in [0.2, 0.25) is 0 Å². The van der Waals surface area contributed by atoms with Crippen molar-refractivity contribution in [3.8, 4) is 0 Å². The fourth-order valence-corrected chi connectivity index (χ4v) is 4.91. The second-order valence-electron chi connectivity index (χ2n) is 8.03. The van der Waals surface area contributed by atoms with Crippen LogP contribution in [-0.4, -0.2) is 36.0 Å². The number of thioether (sulfide) groups is 1. The summed E-state index contributed by atoms with van der Waals surface area (Å²) in [5.74, 6) is 1.51. The summed E-state index contributed by atoms with van der Waals surface area (Å²) in [5, 5.41) is 10.4. The molecule has 0 radical (unpaired) electrons. The minimum atomic E-state index is -0.548. The summed E-state index contributed by atoms with van der Waals surface area (Å²) < 4.78 is 10.4. The van der Waals surface area contributed by atoms with Crippen LogP contribution in [0.25, 0.3) is 0 Å². The number of aliphatic hydroxyl groups is 1. The highest BCUT2D eigenvalue weighted by Crippen LogP contribution is 2.41. The van der Waals surface area contributed by atoms with E-state index in [1.807, 2.05) is 57.2 Å². The van der Waals surface area contributed by atoms with Crippen LogP contribution < -0.4 is 0 Å². The predicted molar refractivity (Wildman–Crippen MR) is 140 cm³/mol. The van der Waals surface area contributed by atoms with Gasteiger partial charge in [0.25, 0.3) is 0 Å². The molecule has 2 rings (SSSR count). The highest BCUT2D eigenvalue weighted by atomic mass is 32.2. The quantitative estimate of drug-likeness (QED) is 0.180. The summed E-state index contributed by atoms with van der Waals surface area (Å²) in [6.45, 7) is 5.97. The standard InChI is InChI=1S/C26H36O5S.C2H6/c1-3-10-25(29)31-23-17-15-21(14-16-22(27)19-20-11-6-4-7-12-20)26(23)32-18-9-5-8-13-24(28)30-2;1-2/h4,6-7,11-12,14,16,21-22,27H,3,5,8-10,13,15,17-19H2,1-2H3;1-2H3/b16-14+;. The maximum Gasteiger partial charge on any atom is 0.310 e. The summed E-state index contributed by atoms with van der Waals surface area (Å²) in [4.78, 5) is 24.4. The number of benzene rings is 1. The first kappa shape index (κ1) is 30.0. The van der Waals surface area contributed by atoms with E-state index in [2.05, 4.69) is 10.8 Å². The first-order valence-corrected chi connectivity index (χ1v) is 13.6. The Morgan fingerprint density at radius 2 is 1.85 bits per heavy atom. The largest absolute Gasteiger partial charge is 0.469 e. The van der Waals surface area contributed by atoms with E-state index in [-0.39, 0.29) is 17.9 Å². The van der Waals surface area contributed by atoms with Gasteiger partial charge in [-0.25, -0.2) is 0 Å². The minimum absolute atomic E-state index is 0.157. The summed E-state index contributed by atoms with van der Waals surface area (Å²) in [5.41, 5.74) is 1.10. The van der Waals surface area contributed by atoms with Crippen molar-refractivity contribution in [2.45, 2.75) is 84.7 Å². The number of unbranched alkanes of at least 4 members (excludes halogenated alkanes) is 2. The summed E-state index contributed by atoms with van der Waals surface area (Å²) >= 11 is 1.73. The SMILES string of the molecule is CC.CCCC(=O)OC1=C(SCCCCCC(=O)OC)C(/C=C/C(O)Cc2ccccc2)CC1. The Morgan fingerprint density at radius 3 is 2.53 bits per heavy atom. The number of carbonyl (C=O) groups is 2. The molecule has 1 aliphatic rings. The van der Waals surface area contributed by atoms with Gasteiger partial charge in [-0.2, -0.15) is 0 Å². The molecule has 0 saturated heterocycles. The Morgan fingerprint density at radius 1 is 1.12 bits per heavy atom. The molecular weight excluding hydrogens is 448 g/mol. The van der Waals surface area contributed by atoms with Crippen molar-refractivity contribution in [1.29, 1.82) is 0 Å². The van der Waals surface area contributed by atoms with Crippen molar-refractivity contribution in [3.05, 3.63) is 58.7 Å². The number of carbonyl (C=O) groups excluding carboxylic acids is 2. The van der Waals surface area contributed by atoms with E-state index >= 15 is 0 Å². The van der Waals surface area contributed by atoms with Crippen LogP contribution in [0.5, 0.6) is 0 Å². The van der Waals surface area contributed by atoms with Crippen molar-refractivity contribution in [2.24, 2.45) is 5.92 Å². The van der Waals surface area contributed by atoms with Gasteiger partial charge in [0.1, 0.15) is 5.76 Å². The van der Waals surface area contributed by atoms with Gasteiger partial charge in [0.15, 0.2) is 0 Å². The molecule has 1 aromatic carbocycles. The monoisotopic (exact) mass is 490 g/mol. The number of esters is 2. The molecule has 5 nitrogen and oxygen atoms in total. The fourth-order valence-electron chi connectivity index (χ4n) is 3.63. The Kier molecular flexibility index (Phi) is 16.1. The molecule has 0 aromatic heterocycles. The molecule has 0 heterocycles. The lowest BCUT2D eigenvalue weighted by atomic mass is 10.0. The zero-order valence-corrected chi connectivity index (χ0v) is 22.1. The molecule has 0 amide bonds. The third-order valence-electron chi connectivity index (χ3n) is 5.35. The van der Waals surface area contributed by atoms with E-state index in [1.165, 1.54) is 7.11 Å². The van der Waals surface area contributed by atoms with Crippen molar-refractivity contribution in [2.75, 3.05) is 12.9 Å². The lowest BCUT2D eigenvalue weighted by Crippen LogP contribution is -2.08. The van der Waals surface area contributed by atoms with E-state index < -0.39 is 6.10 Å². The number of ether oxygens (including phenoxy) is 2. The Bertz CT molecular complexity index is 772. The van der Waals surface area contributed by atoms with Gasteiger partial charge < -0.3 is 14.6 Å². The van der Waals surface area contributed by atoms with Crippen LogP contribution in [0.2, 0.25) is 0 Å². The van der Waals surface area contributed by atoms with E-state index in [4.69, 9.17) is 4.74 Å². The molecule has 0 bridgehead atoms. The Hall–Kier alpha value is -2.05. The third-order valence-corrected chi connectivity index (χ3v) is 6.68. The van der Waals surface area contributed by atoms with Gasteiger partial charge in [0, 0.05) is 36.5 Å². The zero-order chi connectivity index (χ0) is 25.2. The normalized spacial score (nSPS) is 16.2. The summed E-state index contributed by atoms with van der Waals surface area (Å²) in [7, 11) is 1.41. The van der Waals surface area contributed by atoms with Gasteiger partial charge in [-0.15, -0.1) is 11.8 Å². The molecule has 190 valence electrons. The molecule has 1 aliphatic carbocycles. The van der Waals surface area contributed by atoms with Crippen LogP contribution in [0.1, 0.15) is 77.7 Å². The minimum Gasteiger partial charge on any atom is -0.469 e. The first-order chi connectivity index (χ1) is 16.5. The van der Waals surface area contributed by atoms with Crippen LogP contribution in [0.15, 0.2) is 53.1 Å². The van der Waals surface area contributed by atoms with Gasteiger partial charge in [-0.3, -0.25) is 9.59 Å². The molecule has 0 aliphatic heterocycles. The number of rotatable bonds is 14. The zero-order valence-electron chi connectivity index (χ0n) is 21.3. The van der Waals surface area contributed by atoms with Crippen molar-refractivity contribution < 1.29 is 24.2 Å². The number of hydrogen-bond donors (Lipinski definition) is 1. The van der Waals surface area contributed by atoms with E-state index in [9.17, 15) is 14.7 Å². The molecule has 0 saturated carbocycles. The highest BCUT2D eigenvalue weighted by Gasteiger charge is 2.27. The maximum absolute atomic E-state index is 12.1. The molecule has 34 heavy (non-hydrogen) atoms. The molecule has 1 N–H and O–H groups in total. The van der Waals surface area contributed by atoms with Crippen LogP contribution in [0, 0.1) is 5.92 Å². The van der Waals surface area contributed by atoms with Crippen molar-refractivity contribution in [3.63, 3.8) is 0 Å². The van der Waals surface area contributed by atoms with Crippen molar-refractivity contribution >= 4 is 23.7 Å². The number of hydrogen-bond acceptors (Lipinski definition) is 6. The van der Waals surface area contributed by atoms with Crippen molar-refractivity contribution in [1.82, 2.24) is 0 Å². The lowest BCUT2D eigenvalue weighted by molar-refractivity contribution is -0.141. The Balaban J connectivity index is 0.00000281. The predicted octanol–water partition coefficient (Wildman–Crippen LogP) is 6.60. The molecule has 2 atom stereocenters. The van der Waals surface area contributed by atoms with E-state index in [1.54, 1.807) is 11.8 Å². The topological polar surface area (TPSA) is 72.8 Å². The molecule has 0 spiro atoms. The third kappa shape index (κ3) is 11.9.